The summed E-state index contributed by atoms with van der Waals surface area (Å²) in [6.07, 6.45) is 1.46. The molecule has 0 bridgehead atoms. The second-order valence-electron chi connectivity index (χ2n) is 7.27. The van der Waals surface area contributed by atoms with Crippen LogP contribution in [0.2, 0.25) is 5.02 Å². The highest BCUT2D eigenvalue weighted by atomic mass is 35.5. The molecule has 0 spiro atoms. The van der Waals surface area contributed by atoms with Crippen LogP contribution in [0.25, 0.3) is 0 Å². The molecule has 1 aliphatic heterocycles. The Kier molecular flexibility index (Phi) is 6.33. The van der Waals surface area contributed by atoms with Crippen LogP contribution < -0.4 is 10.6 Å². The van der Waals surface area contributed by atoms with Crippen molar-refractivity contribution in [1.82, 2.24) is 15.1 Å². The van der Waals surface area contributed by atoms with Crippen molar-refractivity contribution in [3.63, 3.8) is 0 Å². The summed E-state index contributed by atoms with van der Waals surface area (Å²) in [7, 11) is 0. The van der Waals surface area contributed by atoms with Gasteiger partial charge in [-0.15, -0.1) is 10.2 Å². The smallest absolute Gasteiger partial charge is 0.320 e. The minimum absolute atomic E-state index is 0.0580. The molecule has 0 radical (unpaired) electrons. The molecule has 1 fully saturated rings. The number of anilines is 2. The minimum Gasteiger partial charge on any atom is -0.320 e. The van der Waals surface area contributed by atoms with E-state index in [1.807, 2.05) is 13.0 Å². The van der Waals surface area contributed by atoms with E-state index in [2.05, 4.69) is 20.8 Å². The molecule has 4 rings (SSSR count). The van der Waals surface area contributed by atoms with Crippen molar-refractivity contribution in [2.45, 2.75) is 25.8 Å². The first-order valence-corrected chi connectivity index (χ1v) is 10.9. The number of aryl methyl sites for hydroxylation is 1. The van der Waals surface area contributed by atoms with Crippen LogP contribution in [0.5, 0.6) is 0 Å². The Morgan fingerprint density at radius 1 is 1.12 bits per heavy atom. The van der Waals surface area contributed by atoms with E-state index in [0.717, 1.165) is 35.5 Å². The zero-order valence-electron chi connectivity index (χ0n) is 16.9. The van der Waals surface area contributed by atoms with Crippen molar-refractivity contribution in [1.29, 1.82) is 0 Å². The number of hydrogen-bond acceptors (Lipinski definition) is 5. The monoisotopic (exact) mass is 477 g/mol. The molecule has 1 saturated heterocycles. The SMILES string of the molecule is Cc1ccc(Cl)cc1NC(=O)N1CCCC1c1nnc(C(=O)Nc2ccc(F)c(F)c2)s1. The van der Waals surface area contributed by atoms with Gasteiger partial charge in [0, 0.05) is 29.0 Å². The van der Waals surface area contributed by atoms with Crippen LogP contribution in [-0.4, -0.2) is 33.6 Å². The van der Waals surface area contributed by atoms with Gasteiger partial charge in [-0.25, -0.2) is 13.6 Å². The number of nitrogens with zero attached hydrogens (tertiary/aromatic N) is 3. The maximum absolute atomic E-state index is 13.4. The third-order valence-corrected chi connectivity index (χ3v) is 6.31. The van der Waals surface area contributed by atoms with E-state index in [0.29, 0.717) is 28.7 Å². The van der Waals surface area contributed by atoms with E-state index in [1.54, 1.807) is 17.0 Å². The number of carbonyl (C=O) groups excluding carboxylic acids is 2. The first-order chi connectivity index (χ1) is 15.3. The first-order valence-electron chi connectivity index (χ1n) is 9.75. The van der Waals surface area contributed by atoms with Crippen LogP contribution in [0.1, 0.15) is 39.3 Å². The molecule has 2 aromatic carbocycles. The average Bonchev–Trinajstić information content (AvgIpc) is 3.43. The van der Waals surface area contributed by atoms with E-state index in [4.69, 9.17) is 11.6 Å². The average molecular weight is 478 g/mol. The zero-order valence-corrected chi connectivity index (χ0v) is 18.4. The van der Waals surface area contributed by atoms with Crippen LogP contribution >= 0.6 is 22.9 Å². The molecule has 0 aliphatic carbocycles. The topological polar surface area (TPSA) is 87.2 Å². The highest BCUT2D eigenvalue weighted by Gasteiger charge is 2.33. The summed E-state index contributed by atoms with van der Waals surface area (Å²) in [5, 5.41) is 14.5. The number of benzene rings is 2. The molecule has 11 heteroatoms. The molecule has 1 aliphatic rings. The van der Waals surface area contributed by atoms with Crippen molar-refractivity contribution < 1.29 is 18.4 Å². The molecule has 32 heavy (non-hydrogen) atoms. The zero-order chi connectivity index (χ0) is 22.8. The predicted molar refractivity (Wildman–Crippen MR) is 118 cm³/mol. The van der Waals surface area contributed by atoms with E-state index < -0.39 is 17.5 Å². The van der Waals surface area contributed by atoms with Gasteiger partial charge in [0.05, 0.1) is 6.04 Å². The maximum Gasteiger partial charge on any atom is 0.322 e. The molecule has 3 amide bonds. The maximum atomic E-state index is 13.4. The van der Waals surface area contributed by atoms with Gasteiger partial charge >= 0.3 is 6.03 Å². The van der Waals surface area contributed by atoms with Crippen molar-refractivity contribution in [3.05, 3.63) is 68.6 Å². The normalized spacial score (nSPS) is 15.6. The predicted octanol–water partition coefficient (Wildman–Crippen LogP) is 5.40. The highest BCUT2D eigenvalue weighted by molar-refractivity contribution is 7.13. The van der Waals surface area contributed by atoms with E-state index in [9.17, 15) is 18.4 Å². The molecule has 0 saturated carbocycles. The fourth-order valence-electron chi connectivity index (χ4n) is 3.40. The summed E-state index contributed by atoms with van der Waals surface area (Å²) in [5.41, 5.74) is 1.60. The summed E-state index contributed by atoms with van der Waals surface area (Å²) >= 11 is 7.09. The summed E-state index contributed by atoms with van der Waals surface area (Å²) in [6.45, 7) is 2.40. The van der Waals surface area contributed by atoms with Crippen LogP contribution in [0, 0.1) is 18.6 Å². The minimum atomic E-state index is -1.07. The van der Waals surface area contributed by atoms with Gasteiger partial charge in [0.15, 0.2) is 11.6 Å². The lowest BCUT2D eigenvalue weighted by Crippen LogP contribution is -2.34. The number of urea groups is 1. The molecule has 2 N–H and O–H groups in total. The van der Waals surface area contributed by atoms with Gasteiger partial charge < -0.3 is 15.5 Å². The van der Waals surface area contributed by atoms with Crippen LogP contribution in [0.4, 0.5) is 25.0 Å². The highest BCUT2D eigenvalue weighted by Crippen LogP contribution is 2.34. The lowest BCUT2D eigenvalue weighted by Gasteiger charge is -2.23. The molecule has 1 unspecified atom stereocenters. The number of nitrogens with one attached hydrogen (secondary N) is 2. The number of rotatable bonds is 4. The Bertz CT molecular complexity index is 1190. The van der Waals surface area contributed by atoms with E-state index >= 15 is 0 Å². The molecule has 3 aromatic rings. The quantitative estimate of drug-likeness (QED) is 0.526. The number of amides is 3. The number of carbonyl (C=O) groups is 2. The van der Waals surface area contributed by atoms with Gasteiger partial charge in [0.25, 0.3) is 5.91 Å². The van der Waals surface area contributed by atoms with Gasteiger partial charge in [0.1, 0.15) is 5.01 Å². The third kappa shape index (κ3) is 4.71. The number of halogens is 3. The van der Waals surface area contributed by atoms with Gasteiger partial charge in [-0.05, 0) is 49.6 Å². The number of hydrogen-bond donors (Lipinski definition) is 2. The van der Waals surface area contributed by atoms with E-state index in [-0.39, 0.29) is 22.8 Å². The van der Waals surface area contributed by atoms with Gasteiger partial charge in [0.2, 0.25) is 5.01 Å². The Balaban J connectivity index is 1.46. The molecule has 166 valence electrons. The standard InChI is InChI=1S/C21H18ClF2N5O2S/c1-11-4-5-12(22)9-16(11)26-21(31)29-8-2-3-17(29)19-27-28-20(32-19)18(30)25-13-6-7-14(23)15(24)10-13/h4-7,9-10,17H,2-3,8H2,1H3,(H,25,30)(H,26,31). The second kappa shape index (κ2) is 9.17. The van der Waals surface area contributed by atoms with Crippen LogP contribution in [0.15, 0.2) is 36.4 Å². The summed E-state index contributed by atoms with van der Waals surface area (Å²) < 4.78 is 26.4. The molecular weight excluding hydrogens is 460 g/mol. The van der Waals surface area contributed by atoms with E-state index in [1.165, 1.54) is 6.07 Å². The number of likely N-dealkylation sites (tertiary alicyclic amines) is 1. The van der Waals surface area contributed by atoms with Crippen molar-refractivity contribution >= 4 is 46.3 Å². The lowest BCUT2D eigenvalue weighted by molar-refractivity contribution is 0.102. The Labute approximate surface area is 191 Å². The van der Waals surface area contributed by atoms with Crippen molar-refractivity contribution in [3.8, 4) is 0 Å². The molecule has 1 aromatic heterocycles. The fourth-order valence-corrected chi connectivity index (χ4v) is 4.46. The van der Waals surface area contributed by atoms with Crippen molar-refractivity contribution in [2.75, 3.05) is 17.2 Å². The largest absolute Gasteiger partial charge is 0.322 e. The summed E-state index contributed by atoms with van der Waals surface area (Å²) in [4.78, 5) is 27.0. The molecule has 7 nitrogen and oxygen atoms in total. The van der Waals surface area contributed by atoms with Crippen LogP contribution in [0.3, 0.4) is 0 Å². The number of aromatic nitrogens is 2. The Morgan fingerprint density at radius 2 is 1.94 bits per heavy atom. The second-order valence-corrected chi connectivity index (χ2v) is 8.71. The van der Waals surface area contributed by atoms with Crippen LogP contribution in [-0.2, 0) is 0 Å². The first kappa shape index (κ1) is 22.1. The van der Waals surface area contributed by atoms with Crippen molar-refractivity contribution in [2.24, 2.45) is 0 Å². The summed E-state index contributed by atoms with van der Waals surface area (Å²) in [6, 6.07) is 7.70. The molecule has 1 atom stereocenters. The summed E-state index contributed by atoms with van der Waals surface area (Å²) in [5.74, 6) is -2.67. The Morgan fingerprint density at radius 3 is 2.72 bits per heavy atom. The Hall–Kier alpha value is -3.11. The molecular formula is C21H18ClF2N5O2S. The lowest BCUT2D eigenvalue weighted by atomic mass is 10.2. The van der Waals surface area contributed by atoms with Gasteiger partial charge in [-0.2, -0.15) is 0 Å². The van der Waals surface area contributed by atoms with Gasteiger partial charge in [-0.3, -0.25) is 4.79 Å². The molecule has 2 heterocycles. The third-order valence-electron chi connectivity index (χ3n) is 5.05. The fraction of sp³-hybridized carbons (Fsp3) is 0.238. The van der Waals surface area contributed by atoms with Gasteiger partial charge in [-0.1, -0.05) is 29.0 Å².